The van der Waals surface area contributed by atoms with Gasteiger partial charge in [-0.15, -0.1) is 0 Å². The summed E-state index contributed by atoms with van der Waals surface area (Å²) in [4.78, 5) is 9.53. The molecule has 0 amide bonds. The molecule has 3 aromatic carbocycles. The van der Waals surface area contributed by atoms with Crippen molar-refractivity contribution in [2.75, 3.05) is 24.5 Å². The van der Waals surface area contributed by atoms with Crippen LogP contribution < -0.4 is 10.6 Å². The van der Waals surface area contributed by atoms with Gasteiger partial charge in [0.1, 0.15) is 5.82 Å². The number of nitrogens with two attached hydrogens (primary N) is 1. The van der Waals surface area contributed by atoms with Gasteiger partial charge in [0.05, 0.1) is 5.69 Å². The first-order valence-corrected chi connectivity index (χ1v) is 12.3. The number of benzene rings is 3. The average molecular weight is 459 g/mol. The summed E-state index contributed by atoms with van der Waals surface area (Å²) in [6, 6.07) is 27.9. The summed E-state index contributed by atoms with van der Waals surface area (Å²) in [6.07, 6.45) is 5.30. The monoisotopic (exact) mass is 458 g/mol. The van der Waals surface area contributed by atoms with E-state index in [0.717, 1.165) is 60.8 Å². The first-order chi connectivity index (χ1) is 17.2. The zero-order valence-corrected chi connectivity index (χ0v) is 20.1. The third-order valence-corrected chi connectivity index (χ3v) is 7.27. The molecule has 0 saturated carbocycles. The maximum absolute atomic E-state index is 6.80. The Labute approximate surface area is 207 Å². The molecule has 2 N–H and O–H groups in total. The number of hydrogen-bond donors (Lipinski definition) is 1. The van der Waals surface area contributed by atoms with Crippen molar-refractivity contribution in [1.29, 1.82) is 0 Å². The third-order valence-electron chi connectivity index (χ3n) is 7.27. The SMILES string of the molecule is Cc1ccc(N2CC=C3CN(Cc4ccccc4)CCC3=C2N)cc1-c1cc2ccccc2cn1. The molecule has 0 aliphatic carbocycles. The summed E-state index contributed by atoms with van der Waals surface area (Å²) < 4.78 is 0. The van der Waals surface area contributed by atoms with Crippen molar-refractivity contribution >= 4 is 16.5 Å². The molecule has 4 nitrogen and oxygen atoms in total. The van der Waals surface area contributed by atoms with E-state index in [4.69, 9.17) is 10.7 Å². The lowest BCUT2D eigenvalue weighted by molar-refractivity contribution is 0.275. The molecule has 1 fully saturated rings. The maximum Gasteiger partial charge on any atom is 0.107 e. The highest BCUT2D eigenvalue weighted by Gasteiger charge is 2.27. The Kier molecular flexibility index (Phi) is 5.59. The summed E-state index contributed by atoms with van der Waals surface area (Å²) in [7, 11) is 0. The van der Waals surface area contributed by atoms with Gasteiger partial charge in [0.25, 0.3) is 0 Å². The minimum absolute atomic E-state index is 0.789. The van der Waals surface area contributed by atoms with E-state index in [1.54, 1.807) is 0 Å². The van der Waals surface area contributed by atoms with Crippen LogP contribution in [-0.2, 0) is 6.54 Å². The van der Waals surface area contributed by atoms with E-state index >= 15 is 0 Å². The van der Waals surface area contributed by atoms with E-state index < -0.39 is 0 Å². The highest BCUT2D eigenvalue weighted by atomic mass is 15.2. The summed E-state index contributed by atoms with van der Waals surface area (Å²) in [5, 5.41) is 2.36. The zero-order valence-electron chi connectivity index (χ0n) is 20.1. The molecule has 35 heavy (non-hydrogen) atoms. The van der Waals surface area contributed by atoms with E-state index in [9.17, 15) is 0 Å². The summed E-state index contributed by atoms with van der Waals surface area (Å²) in [6.45, 7) is 5.90. The Balaban J connectivity index is 1.26. The molecule has 1 saturated heterocycles. The van der Waals surface area contributed by atoms with Gasteiger partial charge >= 0.3 is 0 Å². The van der Waals surface area contributed by atoms with Crippen LogP contribution in [0.3, 0.4) is 0 Å². The summed E-state index contributed by atoms with van der Waals surface area (Å²) in [5.74, 6) is 0.892. The van der Waals surface area contributed by atoms with Crippen molar-refractivity contribution < 1.29 is 0 Å². The molecule has 0 bridgehead atoms. The van der Waals surface area contributed by atoms with Gasteiger partial charge in [-0.2, -0.15) is 0 Å². The number of pyridine rings is 1. The van der Waals surface area contributed by atoms with E-state index in [0.29, 0.717) is 0 Å². The number of piperidine rings is 1. The van der Waals surface area contributed by atoms with Crippen LogP contribution in [-0.4, -0.2) is 29.5 Å². The number of anilines is 1. The summed E-state index contributed by atoms with van der Waals surface area (Å²) in [5.41, 5.74) is 15.3. The highest BCUT2D eigenvalue weighted by Crippen LogP contribution is 2.34. The zero-order chi connectivity index (χ0) is 23.8. The highest BCUT2D eigenvalue weighted by molar-refractivity contribution is 5.86. The first-order valence-electron chi connectivity index (χ1n) is 12.3. The summed E-state index contributed by atoms with van der Waals surface area (Å²) >= 11 is 0. The second-order valence-corrected chi connectivity index (χ2v) is 9.57. The fourth-order valence-electron chi connectivity index (χ4n) is 5.29. The predicted octanol–water partition coefficient (Wildman–Crippen LogP) is 6.03. The smallest absolute Gasteiger partial charge is 0.107 e. The number of nitrogens with zero attached hydrogens (tertiary/aromatic N) is 3. The van der Waals surface area contributed by atoms with Gasteiger partial charge in [-0.05, 0) is 59.2 Å². The lowest BCUT2D eigenvalue weighted by Crippen LogP contribution is -2.39. The molecule has 0 atom stereocenters. The Morgan fingerprint density at radius 2 is 1.71 bits per heavy atom. The molecule has 6 rings (SSSR count). The average Bonchev–Trinajstić information content (AvgIpc) is 2.90. The van der Waals surface area contributed by atoms with Crippen LogP contribution in [0, 0.1) is 6.92 Å². The minimum atomic E-state index is 0.789. The van der Waals surface area contributed by atoms with E-state index in [2.05, 4.69) is 102 Å². The van der Waals surface area contributed by atoms with Crippen LogP contribution in [0.1, 0.15) is 17.5 Å². The van der Waals surface area contributed by atoms with Gasteiger partial charge in [-0.3, -0.25) is 9.88 Å². The number of aromatic nitrogens is 1. The van der Waals surface area contributed by atoms with Gasteiger partial charge in [-0.25, -0.2) is 0 Å². The Hall–Kier alpha value is -3.89. The second kappa shape index (κ2) is 9.05. The van der Waals surface area contributed by atoms with Gasteiger partial charge in [0.2, 0.25) is 0 Å². The quantitative estimate of drug-likeness (QED) is 0.405. The Morgan fingerprint density at radius 3 is 2.57 bits per heavy atom. The molecular weight excluding hydrogens is 428 g/mol. The largest absolute Gasteiger partial charge is 0.385 e. The molecule has 3 heterocycles. The number of hydrogen-bond acceptors (Lipinski definition) is 4. The fraction of sp³-hybridized carbons (Fsp3) is 0.194. The number of aryl methyl sites for hydroxylation is 1. The van der Waals surface area contributed by atoms with Crippen molar-refractivity contribution in [3.63, 3.8) is 0 Å². The van der Waals surface area contributed by atoms with E-state index in [1.807, 2.05) is 6.20 Å². The van der Waals surface area contributed by atoms with Crippen molar-refractivity contribution in [1.82, 2.24) is 9.88 Å². The van der Waals surface area contributed by atoms with Crippen LogP contribution >= 0.6 is 0 Å². The molecule has 2 aliphatic heterocycles. The lowest BCUT2D eigenvalue weighted by Gasteiger charge is -2.37. The fourth-order valence-corrected chi connectivity index (χ4v) is 5.29. The molecule has 0 spiro atoms. The molecule has 0 unspecified atom stereocenters. The molecule has 1 aromatic heterocycles. The Bertz CT molecular complexity index is 1450. The number of fused-ring (bicyclic) bond motifs is 2. The molecule has 4 aromatic rings. The second-order valence-electron chi connectivity index (χ2n) is 9.57. The first kappa shape index (κ1) is 21.6. The third kappa shape index (κ3) is 4.22. The van der Waals surface area contributed by atoms with Crippen molar-refractivity contribution in [2.45, 2.75) is 19.9 Å². The van der Waals surface area contributed by atoms with Crippen molar-refractivity contribution in [3.8, 4) is 11.3 Å². The van der Waals surface area contributed by atoms with E-state index in [1.165, 1.54) is 27.7 Å². The number of likely N-dealkylation sites (tertiary alicyclic amines) is 1. The van der Waals surface area contributed by atoms with Crippen molar-refractivity contribution in [3.05, 3.63) is 119 Å². The predicted molar refractivity (Wildman–Crippen MR) is 145 cm³/mol. The van der Waals surface area contributed by atoms with Gasteiger partial charge in [0, 0.05) is 49.0 Å². The molecule has 174 valence electrons. The topological polar surface area (TPSA) is 45.4 Å². The van der Waals surface area contributed by atoms with Crippen molar-refractivity contribution in [2.24, 2.45) is 5.73 Å². The molecule has 2 aliphatic rings. The van der Waals surface area contributed by atoms with Crippen LogP contribution in [0.25, 0.3) is 22.0 Å². The van der Waals surface area contributed by atoms with Crippen LogP contribution in [0.4, 0.5) is 5.69 Å². The van der Waals surface area contributed by atoms with Gasteiger partial charge < -0.3 is 10.6 Å². The minimum Gasteiger partial charge on any atom is -0.385 e. The normalized spacial score (nSPS) is 16.4. The molecular formula is C31H30N4. The van der Waals surface area contributed by atoms with Gasteiger partial charge in [-0.1, -0.05) is 66.7 Å². The maximum atomic E-state index is 6.80. The molecule has 4 heteroatoms. The Morgan fingerprint density at radius 1 is 0.914 bits per heavy atom. The number of rotatable bonds is 4. The van der Waals surface area contributed by atoms with Crippen LogP contribution in [0.15, 0.2) is 108 Å². The van der Waals surface area contributed by atoms with Crippen LogP contribution in [0.5, 0.6) is 0 Å². The van der Waals surface area contributed by atoms with E-state index in [-0.39, 0.29) is 0 Å². The molecule has 0 radical (unpaired) electrons. The van der Waals surface area contributed by atoms with Crippen LogP contribution in [0.2, 0.25) is 0 Å². The standard InChI is InChI=1S/C31H30N4/c1-22-11-12-27(18-29(22)30-17-24-9-5-6-10-25(24)19-33-30)35-16-13-26-21-34(15-14-28(26)31(35)32)20-23-7-3-2-4-8-23/h2-13,17-19H,14-16,20-21,32H2,1H3. The van der Waals surface area contributed by atoms with Gasteiger partial charge in [0.15, 0.2) is 0 Å². The lowest BCUT2D eigenvalue weighted by atomic mass is 9.93.